The molecule has 0 unspecified atom stereocenters. The van der Waals surface area contributed by atoms with Crippen LogP contribution in [0.4, 0.5) is 10.5 Å². The molecule has 0 fully saturated rings. The Balaban J connectivity index is 1.76. The first kappa shape index (κ1) is 20.0. The van der Waals surface area contributed by atoms with E-state index in [1.54, 1.807) is 11.8 Å². The van der Waals surface area contributed by atoms with E-state index >= 15 is 0 Å². The number of anilines is 1. The van der Waals surface area contributed by atoms with Crippen molar-refractivity contribution in [1.82, 2.24) is 5.32 Å². The standard InChI is InChI=1S/C24H26N2O4/c1-14(2)29-24(28)25-20-11-15(3)26(16(4)27)21-10-9-18(12-19(20)21)23-13-17-7-5-6-8-22(17)30-23/h5-10,12-15,20H,11H2,1-4H3,(H,25,28)/t15-,20+/m0/s1. The third-order valence-electron chi connectivity index (χ3n) is 5.36. The summed E-state index contributed by atoms with van der Waals surface area (Å²) in [5.41, 5.74) is 3.39. The molecule has 30 heavy (non-hydrogen) atoms. The van der Waals surface area contributed by atoms with Crippen molar-refractivity contribution in [2.45, 2.75) is 52.3 Å². The number of nitrogens with one attached hydrogen (secondary N) is 1. The fourth-order valence-corrected chi connectivity index (χ4v) is 4.15. The van der Waals surface area contributed by atoms with Gasteiger partial charge in [-0.1, -0.05) is 18.2 Å². The number of ether oxygens (including phenoxy) is 1. The molecule has 1 aromatic heterocycles. The number of fused-ring (bicyclic) bond motifs is 2. The molecule has 156 valence electrons. The van der Waals surface area contributed by atoms with Crippen LogP contribution in [-0.2, 0) is 9.53 Å². The molecule has 2 aromatic carbocycles. The van der Waals surface area contributed by atoms with Gasteiger partial charge < -0.3 is 19.4 Å². The van der Waals surface area contributed by atoms with Gasteiger partial charge in [-0.25, -0.2) is 4.79 Å². The maximum Gasteiger partial charge on any atom is 0.407 e. The number of rotatable bonds is 3. The van der Waals surface area contributed by atoms with Crippen molar-refractivity contribution in [2.75, 3.05) is 4.90 Å². The molecular formula is C24H26N2O4. The van der Waals surface area contributed by atoms with Gasteiger partial charge in [-0.15, -0.1) is 0 Å². The molecule has 0 aliphatic carbocycles. The molecule has 6 heteroatoms. The fourth-order valence-electron chi connectivity index (χ4n) is 4.15. The molecular weight excluding hydrogens is 380 g/mol. The summed E-state index contributed by atoms with van der Waals surface area (Å²) in [4.78, 5) is 26.4. The minimum absolute atomic E-state index is 0.0246. The zero-order valence-corrected chi connectivity index (χ0v) is 17.6. The average molecular weight is 406 g/mol. The van der Waals surface area contributed by atoms with Crippen LogP contribution in [0.1, 0.15) is 45.7 Å². The first-order chi connectivity index (χ1) is 14.3. The Labute approximate surface area is 175 Å². The number of benzene rings is 2. The zero-order valence-electron chi connectivity index (χ0n) is 17.6. The van der Waals surface area contributed by atoms with Crippen LogP contribution in [0.25, 0.3) is 22.3 Å². The first-order valence-corrected chi connectivity index (χ1v) is 10.2. The molecule has 2 amide bonds. The Kier molecular flexibility index (Phi) is 5.24. The summed E-state index contributed by atoms with van der Waals surface area (Å²) in [6.07, 6.45) is -0.0664. The molecule has 4 rings (SSSR count). The number of carbonyl (C=O) groups excluding carboxylic acids is 2. The summed E-state index contributed by atoms with van der Waals surface area (Å²) >= 11 is 0. The largest absolute Gasteiger partial charge is 0.456 e. The number of alkyl carbamates (subject to hydrolysis) is 1. The Bertz CT molecular complexity index is 1070. The van der Waals surface area contributed by atoms with E-state index in [-0.39, 0.29) is 24.1 Å². The van der Waals surface area contributed by atoms with Crippen LogP contribution in [-0.4, -0.2) is 24.1 Å². The molecule has 1 aliphatic rings. The normalized spacial score (nSPS) is 18.4. The zero-order chi connectivity index (χ0) is 21.4. The van der Waals surface area contributed by atoms with Crippen molar-refractivity contribution in [2.24, 2.45) is 0 Å². The van der Waals surface area contributed by atoms with Gasteiger partial charge in [0.05, 0.1) is 12.1 Å². The minimum atomic E-state index is -0.460. The maximum atomic E-state index is 12.3. The Morgan fingerprint density at radius 1 is 1.17 bits per heavy atom. The van der Waals surface area contributed by atoms with E-state index in [4.69, 9.17) is 9.15 Å². The lowest BCUT2D eigenvalue weighted by molar-refractivity contribution is -0.117. The van der Waals surface area contributed by atoms with Crippen LogP contribution >= 0.6 is 0 Å². The highest BCUT2D eigenvalue weighted by molar-refractivity contribution is 5.94. The van der Waals surface area contributed by atoms with Crippen LogP contribution in [0.2, 0.25) is 0 Å². The van der Waals surface area contributed by atoms with Crippen molar-refractivity contribution in [3.05, 3.63) is 54.1 Å². The first-order valence-electron chi connectivity index (χ1n) is 10.2. The summed E-state index contributed by atoms with van der Waals surface area (Å²) in [6, 6.07) is 15.4. The number of nitrogens with zero attached hydrogens (tertiary/aromatic N) is 1. The quantitative estimate of drug-likeness (QED) is 0.630. The van der Waals surface area contributed by atoms with Gasteiger partial charge in [-0.05, 0) is 63.1 Å². The lowest BCUT2D eigenvalue weighted by Gasteiger charge is -2.39. The molecule has 0 radical (unpaired) electrons. The van der Waals surface area contributed by atoms with E-state index in [1.165, 1.54) is 0 Å². The summed E-state index contributed by atoms with van der Waals surface area (Å²) in [5.74, 6) is 0.721. The summed E-state index contributed by atoms with van der Waals surface area (Å²) in [7, 11) is 0. The molecule has 6 nitrogen and oxygen atoms in total. The topological polar surface area (TPSA) is 71.8 Å². The van der Waals surface area contributed by atoms with Crippen molar-refractivity contribution >= 4 is 28.7 Å². The molecule has 1 aliphatic heterocycles. The van der Waals surface area contributed by atoms with Gasteiger partial charge in [0.25, 0.3) is 0 Å². The van der Waals surface area contributed by atoms with E-state index in [1.807, 2.05) is 69.3 Å². The molecule has 3 aromatic rings. The van der Waals surface area contributed by atoms with Gasteiger partial charge in [-0.2, -0.15) is 0 Å². The molecule has 0 spiro atoms. The lowest BCUT2D eigenvalue weighted by atomic mass is 9.90. The number of furan rings is 1. The number of para-hydroxylation sites is 1. The highest BCUT2D eigenvalue weighted by Gasteiger charge is 2.34. The summed E-state index contributed by atoms with van der Waals surface area (Å²) < 4.78 is 11.3. The lowest BCUT2D eigenvalue weighted by Crippen LogP contribution is -2.45. The molecule has 2 atom stereocenters. The third-order valence-corrected chi connectivity index (χ3v) is 5.36. The molecule has 0 bridgehead atoms. The van der Waals surface area contributed by atoms with Gasteiger partial charge in [0.1, 0.15) is 11.3 Å². The van der Waals surface area contributed by atoms with E-state index in [0.717, 1.165) is 33.5 Å². The second-order valence-electron chi connectivity index (χ2n) is 8.05. The minimum Gasteiger partial charge on any atom is -0.456 e. The maximum absolute atomic E-state index is 12.3. The van der Waals surface area contributed by atoms with E-state index in [9.17, 15) is 9.59 Å². The van der Waals surface area contributed by atoms with Crippen LogP contribution in [0.3, 0.4) is 0 Å². The third kappa shape index (κ3) is 3.77. The van der Waals surface area contributed by atoms with Crippen LogP contribution < -0.4 is 10.2 Å². The summed E-state index contributed by atoms with van der Waals surface area (Å²) in [5, 5.41) is 4.00. The molecule has 0 saturated heterocycles. The van der Waals surface area contributed by atoms with Gasteiger partial charge in [0.15, 0.2) is 0 Å². The predicted molar refractivity (Wildman–Crippen MR) is 116 cm³/mol. The summed E-state index contributed by atoms with van der Waals surface area (Å²) in [6.45, 7) is 7.18. The number of carbonyl (C=O) groups is 2. The predicted octanol–water partition coefficient (Wildman–Crippen LogP) is 5.42. The molecule has 0 saturated carbocycles. The Hall–Kier alpha value is -3.28. The number of hydrogen-bond acceptors (Lipinski definition) is 4. The second kappa shape index (κ2) is 7.86. The number of amides is 2. The highest BCUT2D eigenvalue weighted by atomic mass is 16.6. The number of hydrogen-bond donors (Lipinski definition) is 1. The van der Waals surface area contributed by atoms with E-state index in [2.05, 4.69) is 5.32 Å². The van der Waals surface area contributed by atoms with Crippen molar-refractivity contribution in [3.63, 3.8) is 0 Å². The monoisotopic (exact) mass is 406 g/mol. The van der Waals surface area contributed by atoms with Crippen LogP contribution in [0, 0.1) is 0 Å². The smallest absolute Gasteiger partial charge is 0.407 e. The van der Waals surface area contributed by atoms with Crippen molar-refractivity contribution in [3.8, 4) is 11.3 Å². The highest BCUT2D eigenvalue weighted by Crippen LogP contribution is 2.40. The van der Waals surface area contributed by atoms with Gasteiger partial charge in [0, 0.05) is 29.6 Å². The second-order valence-corrected chi connectivity index (χ2v) is 8.05. The molecule has 2 heterocycles. The van der Waals surface area contributed by atoms with Crippen molar-refractivity contribution < 1.29 is 18.7 Å². The van der Waals surface area contributed by atoms with Crippen LogP contribution in [0.5, 0.6) is 0 Å². The average Bonchev–Trinajstić information content (AvgIpc) is 3.11. The Morgan fingerprint density at radius 2 is 1.93 bits per heavy atom. The van der Waals surface area contributed by atoms with E-state index < -0.39 is 6.09 Å². The van der Waals surface area contributed by atoms with E-state index in [0.29, 0.717) is 6.42 Å². The SMILES string of the molecule is CC(=O)N1c2ccc(-c3cc4ccccc4o3)cc2[C@H](NC(=O)OC(C)C)C[C@@H]1C. The molecule has 1 N–H and O–H groups in total. The van der Waals surface area contributed by atoms with Gasteiger partial charge in [0.2, 0.25) is 5.91 Å². The van der Waals surface area contributed by atoms with Crippen molar-refractivity contribution in [1.29, 1.82) is 0 Å². The van der Waals surface area contributed by atoms with Gasteiger partial charge in [-0.3, -0.25) is 4.79 Å². The van der Waals surface area contributed by atoms with Gasteiger partial charge >= 0.3 is 6.09 Å². The van der Waals surface area contributed by atoms with Crippen LogP contribution in [0.15, 0.2) is 52.9 Å². The Morgan fingerprint density at radius 3 is 2.63 bits per heavy atom. The fraction of sp³-hybridized carbons (Fsp3) is 0.333.